The van der Waals surface area contributed by atoms with Gasteiger partial charge in [0, 0.05) is 0 Å². The molecule has 0 aliphatic heterocycles. The molecule has 0 unspecified atom stereocenters. The van der Waals surface area contributed by atoms with Crippen molar-refractivity contribution < 1.29 is 19.5 Å². The number of carboxylic acids is 1. The van der Waals surface area contributed by atoms with Crippen molar-refractivity contribution in [1.82, 2.24) is 0 Å². The van der Waals surface area contributed by atoms with Gasteiger partial charge in [-0.2, -0.15) is 0 Å². The van der Waals surface area contributed by atoms with Gasteiger partial charge in [0.2, 0.25) is 0 Å². The Morgan fingerprint density at radius 2 is 1.75 bits per heavy atom. The Hall–Kier alpha value is -1.50. The number of hydrogen-bond acceptors (Lipinski definition) is 6. The van der Waals surface area contributed by atoms with Crippen molar-refractivity contribution in [2.24, 2.45) is 11.1 Å². The van der Waals surface area contributed by atoms with E-state index in [2.05, 4.69) is 11.8 Å². The highest BCUT2D eigenvalue weighted by atomic mass is 16.7. The van der Waals surface area contributed by atoms with Gasteiger partial charge < -0.3 is 10.8 Å². The van der Waals surface area contributed by atoms with Crippen molar-refractivity contribution in [1.29, 1.82) is 0 Å². The number of aliphatic carboxylic acids is 1. The van der Waals surface area contributed by atoms with Crippen LogP contribution in [0, 0.1) is 4.91 Å². The Kier molecular flexibility index (Phi) is 9.53. The molecule has 0 saturated heterocycles. The standard InChI is InChI=1S/C13H24N2O5/c1-2-3-4-5-6-7-9-13(14,12(17)18)10-8-11(16)20-15-19/h2-10,14H2,1H3,(H,17,18)/t13-/m0/s1. The summed E-state index contributed by atoms with van der Waals surface area (Å²) in [4.78, 5) is 35.8. The molecule has 0 amide bonds. The minimum absolute atomic E-state index is 0.0638. The first-order valence-corrected chi connectivity index (χ1v) is 7.01. The Balaban J connectivity index is 4.08. The van der Waals surface area contributed by atoms with Gasteiger partial charge in [-0.15, -0.1) is 4.91 Å². The molecule has 0 radical (unpaired) electrons. The Morgan fingerprint density at radius 3 is 2.30 bits per heavy atom. The van der Waals surface area contributed by atoms with E-state index in [0.717, 1.165) is 25.7 Å². The predicted octanol–water partition coefficient (Wildman–Crippen LogP) is 2.52. The van der Waals surface area contributed by atoms with E-state index in [1.807, 2.05) is 5.34 Å². The van der Waals surface area contributed by atoms with Crippen molar-refractivity contribution in [3.63, 3.8) is 0 Å². The Bertz CT molecular complexity index is 322. The molecule has 0 aromatic heterocycles. The van der Waals surface area contributed by atoms with Crippen LogP contribution in [0.1, 0.15) is 64.7 Å². The summed E-state index contributed by atoms with van der Waals surface area (Å²) >= 11 is 0. The number of nitrogens with two attached hydrogens (primary N) is 1. The normalized spacial score (nSPS) is 13.5. The van der Waals surface area contributed by atoms with Crippen molar-refractivity contribution in [2.75, 3.05) is 0 Å². The molecule has 1 atom stereocenters. The zero-order chi connectivity index (χ0) is 15.4. The van der Waals surface area contributed by atoms with Gasteiger partial charge in [-0.1, -0.05) is 45.4 Å². The van der Waals surface area contributed by atoms with Gasteiger partial charge in [-0.25, -0.2) is 4.79 Å². The van der Waals surface area contributed by atoms with Gasteiger partial charge >= 0.3 is 11.9 Å². The molecule has 0 aliphatic rings. The van der Waals surface area contributed by atoms with Gasteiger partial charge in [0.15, 0.2) is 5.34 Å². The first-order chi connectivity index (χ1) is 9.46. The lowest BCUT2D eigenvalue weighted by molar-refractivity contribution is -0.147. The van der Waals surface area contributed by atoms with Crippen LogP contribution < -0.4 is 5.73 Å². The molecule has 0 aromatic carbocycles. The number of carboxylic acid groups (broad SMARTS) is 1. The van der Waals surface area contributed by atoms with E-state index < -0.39 is 17.5 Å². The minimum Gasteiger partial charge on any atom is -0.480 e. The summed E-state index contributed by atoms with van der Waals surface area (Å²) in [5.41, 5.74) is 4.36. The van der Waals surface area contributed by atoms with E-state index >= 15 is 0 Å². The summed E-state index contributed by atoms with van der Waals surface area (Å²) in [7, 11) is 0. The molecule has 0 spiro atoms. The van der Waals surface area contributed by atoms with Crippen molar-refractivity contribution >= 4 is 11.9 Å². The molecule has 3 N–H and O–H groups in total. The third-order valence-electron chi connectivity index (χ3n) is 3.32. The molecule has 0 fully saturated rings. The average Bonchev–Trinajstić information content (AvgIpc) is 2.40. The summed E-state index contributed by atoms with van der Waals surface area (Å²) in [6.45, 7) is 2.13. The second kappa shape index (κ2) is 10.3. The summed E-state index contributed by atoms with van der Waals surface area (Å²) in [5.74, 6) is -2.00. The summed E-state index contributed by atoms with van der Waals surface area (Å²) in [5, 5.41) is 11.2. The lowest BCUT2D eigenvalue weighted by Crippen LogP contribution is -2.48. The molecule has 7 nitrogen and oxygen atoms in total. The number of carbonyl (C=O) groups is 2. The minimum atomic E-state index is -1.45. The summed E-state index contributed by atoms with van der Waals surface area (Å²) in [6, 6.07) is 0. The van der Waals surface area contributed by atoms with Crippen LogP contribution in [0.25, 0.3) is 0 Å². The average molecular weight is 288 g/mol. The molecule has 0 rings (SSSR count). The van der Waals surface area contributed by atoms with Crippen LogP contribution in [0.2, 0.25) is 0 Å². The van der Waals surface area contributed by atoms with Gasteiger partial charge in [-0.05, 0) is 12.8 Å². The first kappa shape index (κ1) is 18.5. The van der Waals surface area contributed by atoms with E-state index in [-0.39, 0.29) is 12.8 Å². The van der Waals surface area contributed by atoms with Crippen LogP contribution in [-0.2, 0) is 14.4 Å². The maximum Gasteiger partial charge on any atom is 0.338 e. The van der Waals surface area contributed by atoms with Crippen LogP contribution in [-0.4, -0.2) is 22.6 Å². The molecule has 0 aromatic rings. The molecule has 20 heavy (non-hydrogen) atoms. The second-order valence-corrected chi connectivity index (χ2v) is 5.02. The van der Waals surface area contributed by atoms with Crippen LogP contribution in [0.4, 0.5) is 0 Å². The SMILES string of the molecule is CCCCCCCC[C@](N)(CCC(=O)ON=O)C(=O)O. The second-order valence-electron chi connectivity index (χ2n) is 5.02. The van der Waals surface area contributed by atoms with Crippen LogP contribution in [0.5, 0.6) is 0 Å². The zero-order valence-corrected chi connectivity index (χ0v) is 12.0. The van der Waals surface area contributed by atoms with Crippen LogP contribution in [0.15, 0.2) is 5.34 Å². The molecular weight excluding hydrogens is 264 g/mol. The number of nitrogens with zero attached hydrogens (tertiary/aromatic N) is 1. The number of carbonyl (C=O) groups excluding carboxylic acids is 1. The largest absolute Gasteiger partial charge is 0.480 e. The van der Waals surface area contributed by atoms with E-state index in [1.165, 1.54) is 6.42 Å². The first-order valence-electron chi connectivity index (χ1n) is 7.01. The number of unbranched alkanes of at least 4 members (excludes halogenated alkanes) is 5. The van der Waals surface area contributed by atoms with E-state index in [9.17, 15) is 14.5 Å². The van der Waals surface area contributed by atoms with E-state index in [1.54, 1.807) is 0 Å². The molecule has 0 heterocycles. The Labute approximate surface area is 118 Å². The maximum absolute atomic E-state index is 11.2. The van der Waals surface area contributed by atoms with Crippen molar-refractivity contribution in [2.45, 2.75) is 70.3 Å². The summed E-state index contributed by atoms with van der Waals surface area (Å²) in [6.07, 6.45) is 6.16. The van der Waals surface area contributed by atoms with E-state index in [4.69, 9.17) is 10.8 Å². The fraction of sp³-hybridized carbons (Fsp3) is 0.846. The van der Waals surface area contributed by atoms with Crippen molar-refractivity contribution in [3.05, 3.63) is 4.91 Å². The summed E-state index contributed by atoms with van der Waals surface area (Å²) < 4.78 is 0. The monoisotopic (exact) mass is 288 g/mol. The molecule has 0 aliphatic carbocycles. The molecule has 0 bridgehead atoms. The van der Waals surface area contributed by atoms with Gasteiger partial charge in [0.05, 0.1) is 6.42 Å². The fourth-order valence-electron chi connectivity index (χ4n) is 1.97. The van der Waals surface area contributed by atoms with E-state index in [0.29, 0.717) is 12.8 Å². The van der Waals surface area contributed by atoms with Gasteiger partial charge in [-0.3, -0.25) is 9.63 Å². The zero-order valence-electron chi connectivity index (χ0n) is 12.0. The third-order valence-corrected chi connectivity index (χ3v) is 3.32. The smallest absolute Gasteiger partial charge is 0.338 e. The quantitative estimate of drug-likeness (QED) is 0.323. The molecule has 116 valence electrons. The molecule has 7 heteroatoms. The fourth-order valence-corrected chi connectivity index (χ4v) is 1.97. The van der Waals surface area contributed by atoms with Gasteiger partial charge in [0.25, 0.3) is 0 Å². The van der Waals surface area contributed by atoms with Crippen LogP contribution in [0.3, 0.4) is 0 Å². The highest BCUT2D eigenvalue weighted by Crippen LogP contribution is 2.20. The lowest BCUT2D eigenvalue weighted by atomic mass is 9.88. The highest BCUT2D eigenvalue weighted by Gasteiger charge is 2.33. The molecular formula is C13H24N2O5. The number of hydrogen-bond donors (Lipinski definition) is 2. The molecule has 0 saturated carbocycles. The Morgan fingerprint density at radius 1 is 1.15 bits per heavy atom. The predicted molar refractivity (Wildman–Crippen MR) is 73.7 cm³/mol. The highest BCUT2D eigenvalue weighted by molar-refractivity contribution is 5.79. The maximum atomic E-state index is 11.2. The van der Waals surface area contributed by atoms with Crippen molar-refractivity contribution in [3.8, 4) is 0 Å². The van der Waals surface area contributed by atoms with Gasteiger partial charge in [0.1, 0.15) is 5.54 Å². The number of rotatable bonds is 12. The lowest BCUT2D eigenvalue weighted by Gasteiger charge is -2.24. The third kappa shape index (κ3) is 7.83. The van der Waals surface area contributed by atoms with Crippen LogP contribution >= 0.6 is 0 Å². The topological polar surface area (TPSA) is 119 Å².